The van der Waals surface area contributed by atoms with Crippen LogP contribution in [0.25, 0.3) is 0 Å². The summed E-state index contributed by atoms with van der Waals surface area (Å²) in [7, 11) is -0.896. The van der Waals surface area contributed by atoms with Gasteiger partial charge in [-0.3, -0.25) is 13.6 Å². The van der Waals surface area contributed by atoms with Crippen LogP contribution in [0.5, 0.6) is 0 Å². The van der Waals surface area contributed by atoms with Crippen molar-refractivity contribution in [2.45, 2.75) is 185 Å². The van der Waals surface area contributed by atoms with Gasteiger partial charge in [-0.15, -0.1) is 13.2 Å². The van der Waals surface area contributed by atoms with Crippen molar-refractivity contribution in [3.63, 3.8) is 0 Å². The van der Waals surface area contributed by atoms with Crippen molar-refractivity contribution >= 4 is 7.82 Å². The molecule has 0 saturated carbocycles. The van der Waals surface area contributed by atoms with Gasteiger partial charge >= 0.3 is 7.82 Å². The molecule has 10 nitrogen and oxygen atoms in total. The molecule has 0 aromatic heterocycles. The van der Waals surface area contributed by atoms with Crippen molar-refractivity contribution in [3.05, 3.63) is 49.7 Å². The number of methoxy groups -OCH3 is 2. The Hall–Kier alpha value is -1.33. The van der Waals surface area contributed by atoms with Gasteiger partial charge in [-0.05, 0) is 51.4 Å². The summed E-state index contributed by atoms with van der Waals surface area (Å²) in [6, 6.07) is -0.775. The van der Waals surface area contributed by atoms with Gasteiger partial charge in [0.05, 0.1) is 25.9 Å². The summed E-state index contributed by atoms with van der Waals surface area (Å²) in [6.45, 7) is 16.3. The van der Waals surface area contributed by atoms with Crippen LogP contribution in [0.1, 0.15) is 149 Å². The maximum Gasteiger partial charge on any atom is 0.475 e. The molecule has 1 unspecified atom stereocenters. The lowest BCUT2D eigenvalue weighted by Crippen LogP contribution is -2.64. The van der Waals surface area contributed by atoms with Crippen LogP contribution in [0.3, 0.4) is 0 Å². The first-order valence-corrected chi connectivity index (χ1v) is 22.6. The van der Waals surface area contributed by atoms with Gasteiger partial charge in [-0.2, -0.15) is 0 Å². The average Bonchev–Trinajstić information content (AvgIpc) is 3.16. The Bertz CT molecular complexity index is 995. The van der Waals surface area contributed by atoms with E-state index in [-0.39, 0.29) is 25.9 Å². The second-order valence-electron chi connectivity index (χ2n) is 14.5. The summed E-state index contributed by atoms with van der Waals surface area (Å²) >= 11 is 0. The second-order valence-corrected chi connectivity index (χ2v) is 16.1. The van der Waals surface area contributed by atoms with Gasteiger partial charge < -0.3 is 29.4 Å². The first-order chi connectivity index (χ1) is 26.3. The van der Waals surface area contributed by atoms with Gasteiger partial charge in [-0.1, -0.05) is 128 Å². The zero-order valence-electron chi connectivity index (χ0n) is 34.7. The predicted octanol–water partition coefficient (Wildman–Crippen LogP) is 10.9. The quantitative estimate of drug-likeness (QED) is 0.0356. The van der Waals surface area contributed by atoms with Crippen molar-refractivity contribution in [1.29, 1.82) is 0 Å². The molecule has 0 bridgehead atoms. The molecule has 1 saturated heterocycles. The normalized spacial score (nSPS) is 21.0. The van der Waals surface area contributed by atoms with Gasteiger partial charge in [0.1, 0.15) is 24.4 Å². The van der Waals surface area contributed by atoms with Crippen molar-refractivity contribution < 1.29 is 42.2 Å². The number of aliphatic hydroxyl groups excluding tert-OH is 1. The maximum atomic E-state index is 13.9. The van der Waals surface area contributed by atoms with Crippen LogP contribution in [0, 0.1) is 0 Å². The van der Waals surface area contributed by atoms with Gasteiger partial charge in [-0.25, -0.2) is 4.57 Å². The van der Waals surface area contributed by atoms with Crippen LogP contribution in [0.4, 0.5) is 0 Å². The van der Waals surface area contributed by atoms with Gasteiger partial charge in [0.2, 0.25) is 0 Å². The van der Waals surface area contributed by atoms with E-state index in [0.29, 0.717) is 13.0 Å². The summed E-state index contributed by atoms with van der Waals surface area (Å²) in [5.74, 6) is 0. The lowest BCUT2D eigenvalue weighted by Gasteiger charge is -2.45. The third kappa shape index (κ3) is 23.7. The number of hydrogen-bond donors (Lipinski definition) is 2. The highest BCUT2D eigenvalue weighted by molar-refractivity contribution is 7.48. The highest BCUT2D eigenvalue weighted by atomic mass is 31.2. The van der Waals surface area contributed by atoms with Crippen LogP contribution in [0.15, 0.2) is 49.7 Å². The van der Waals surface area contributed by atoms with Crippen LogP contribution in [-0.4, -0.2) is 82.5 Å². The fourth-order valence-corrected chi connectivity index (χ4v) is 7.97. The van der Waals surface area contributed by atoms with E-state index in [1.54, 1.807) is 7.11 Å². The minimum atomic E-state index is -4.15. The Morgan fingerprint density at radius 2 is 1.35 bits per heavy atom. The Morgan fingerprint density at radius 3 is 1.93 bits per heavy atom. The van der Waals surface area contributed by atoms with E-state index >= 15 is 0 Å². The Labute approximate surface area is 330 Å². The van der Waals surface area contributed by atoms with Gasteiger partial charge in [0.25, 0.3) is 0 Å². The standard InChI is InChI=1S/C43H80NO9P/c1-8-12-14-16-17-18-19-20-21-22-23-24-25-27-28-30-37(5)44-40-42(49-35-32-38(48-7)31-29-26-15-13-9-2)41(39(36-47-6)52-43(40)45)53-54(46,50-33-10-3)51-34-11-4/h10-11,18-19,38-45H,3-5,8-9,12-17,20-36H2,1-2,6-7H3/b19-18-/t38-,39-,40-,41-,42-,43?/m1/s1. The number of ether oxygens (including phenoxy) is 4. The van der Waals surface area contributed by atoms with Crippen LogP contribution < -0.4 is 5.32 Å². The Kier molecular flexibility index (Phi) is 31.7. The number of hydrogen-bond acceptors (Lipinski definition) is 10. The molecule has 0 aliphatic carbocycles. The van der Waals surface area contributed by atoms with E-state index in [2.05, 4.69) is 51.1 Å². The number of rotatable bonds is 38. The average molecular weight is 786 g/mol. The summed E-state index contributed by atoms with van der Waals surface area (Å²) in [5.41, 5.74) is 0.762. The fraction of sp³-hybridized carbons (Fsp3) is 0.814. The molecule has 1 fully saturated rings. The summed E-state index contributed by atoms with van der Waals surface area (Å²) in [6.07, 6.45) is 28.0. The molecule has 54 heavy (non-hydrogen) atoms. The molecule has 0 aromatic carbocycles. The number of phosphoric ester groups is 1. The maximum absolute atomic E-state index is 13.9. The zero-order chi connectivity index (χ0) is 39.7. The van der Waals surface area contributed by atoms with Crippen LogP contribution in [0.2, 0.25) is 0 Å². The molecular formula is C43H80NO9P. The minimum Gasteiger partial charge on any atom is -0.382 e. The lowest BCUT2D eigenvalue weighted by atomic mass is 9.96. The SMILES string of the molecule is C=CCOP(=O)(OCC=C)O[C@H]1[C@H](OCC[C@@H](CCCCCCC)OC)[C@@H](NC(=C)CCCCCCCCC/C=C\CCCCCC)C(O)O[C@@H]1COC. The molecule has 11 heteroatoms. The first kappa shape index (κ1) is 50.7. The highest BCUT2D eigenvalue weighted by Crippen LogP contribution is 2.52. The van der Waals surface area contributed by atoms with E-state index in [1.165, 1.54) is 116 Å². The molecule has 2 N–H and O–H groups in total. The number of nitrogens with one attached hydrogen (secondary N) is 1. The van der Waals surface area contributed by atoms with E-state index < -0.39 is 38.5 Å². The smallest absolute Gasteiger partial charge is 0.382 e. The molecule has 0 aromatic rings. The lowest BCUT2D eigenvalue weighted by molar-refractivity contribution is -0.260. The third-order valence-electron chi connectivity index (χ3n) is 9.77. The molecule has 0 radical (unpaired) electrons. The van der Waals surface area contributed by atoms with Crippen LogP contribution >= 0.6 is 7.82 Å². The second kappa shape index (κ2) is 33.8. The number of phosphoric acid groups is 1. The molecule has 1 rings (SSSR count). The number of aliphatic hydroxyl groups is 1. The highest BCUT2D eigenvalue weighted by Gasteiger charge is 2.50. The Morgan fingerprint density at radius 1 is 0.796 bits per heavy atom. The minimum absolute atomic E-state index is 0.0202. The van der Waals surface area contributed by atoms with E-state index in [1.807, 2.05) is 0 Å². The molecular weight excluding hydrogens is 705 g/mol. The first-order valence-electron chi connectivity index (χ1n) is 21.1. The number of unbranched alkanes of at least 4 members (excludes halogenated alkanes) is 15. The predicted molar refractivity (Wildman–Crippen MR) is 222 cm³/mol. The molecule has 316 valence electrons. The number of allylic oxidation sites excluding steroid dienone is 3. The summed E-state index contributed by atoms with van der Waals surface area (Å²) in [4.78, 5) is 0. The van der Waals surface area contributed by atoms with Gasteiger partial charge in [0.15, 0.2) is 6.29 Å². The summed E-state index contributed by atoms with van der Waals surface area (Å²) < 4.78 is 54.9. The molecule has 6 atom stereocenters. The molecule has 0 spiro atoms. The van der Waals surface area contributed by atoms with E-state index in [0.717, 1.165) is 37.8 Å². The largest absolute Gasteiger partial charge is 0.475 e. The monoisotopic (exact) mass is 786 g/mol. The topological polar surface area (TPSA) is 114 Å². The van der Waals surface area contributed by atoms with Crippen molar-refractivity contribution in [1.82, 2.24) is 5.32 Å². The Balaban J connectivity index is 2.86. The molecule has 1 aliphatic heterocycles. The molecule has 1 heterocycles. The molecule has 1 aliphatic rings. The third-order valence-corrected chi connectivity index (χ3v) is 11.2. The molecule has 0 amide bonds. The van der Waals surface area contributed by atoms with Crippen molar-refractivity contribution in [2.24, 2.45) is 0 Å². The van der Waals surface area contributed by atoms with Crippen LogP contribution in [-0.2, 0) is 37.1 Å². The van der Waals surface area contributed by atoms with Crippen molar-refractivity contribution in [2.75, 3.05) is 40.6 Å². The van der Waals surface area contributed by atoms with Gasteiger partial charge in [0, 0.05) is 26.5 Å². The zero-order valence-corrected chi connectivity index (χ0v) is 35.6. The summed E-state index contributed by atoms with van der Waals surface area (Å²) in [5, 5.41) is 14.7. The van der Waals surface area contributed by atoms with E-state index in [4.69, 9.17) is 32.5 Å². The fourth-order valence-electron chi connectivity index (χ4n) is 6.64. The van der Waals surface area contributed by atoms with Crippen molar-refractivity contribution in [3.8, 4) is 0 Å². The van der Waals surface area contributed by atoms with E-state index in [9.17, 15) is 9.67 Å².